The number of alkyl halides is 3. The molecule has 13 heteroatoms. The lowest BCUT2D eigenvalue weighted by Crippen LogP contribution is -2.47. The molecule has 39 heavy (non-hydrogen) atoms. The molecule has 1 unspecified atom stereocenters. The van der Waals surface area contributed by atoms with Crippen molar-refractivity contribution in [3.8, 4) is 22.8 Å². The second kappa shape index (κ2) is 11.1. The van der Waals surface area contributed by atoms with E-state index in [1.807, 2.05) is 0 Å². The molecule has 9 nitrogen and oxygen atoms in total. The average Bonchev–Trinajstić information content (AvgIpc) is 3.38. The number of hydrogen-bond acceptors (Lipinski definition) is 6. The Kier molecular flexibility index (Phi) is 7.70. The van der Waals surface area contributed by atoms with Gasteiger partial charge in [0, 0.05) is 24.4 Å². The highest BCUT2D eigenvalue weighted by Gasteiger charge is 2.31. The van der Waals surface area contributed by atoms with Crippen molar-refractivity contribution >= 4 is 17.6 Å². The van der Waals surface area contributed by atoms with Gasteiger partial charge in [0.2, 0.25) is 5.78 Å². The number of halogens is 4. The van der Waals surface area contributed by atoms with E-state index in [4.69, 9.17) is 5.73 Å². The van der Waals surface area contributed by atoms with Crippen LogP contribution in [0.3, 0.4) is 0 Å². The molecular weight excluding hydrogens is 522 g/mol. The van der Waals surface area contributed by atoms with Crippen LogP contribution >= 0.6 is 0 Å². The fourth-order valence-corrected chi connectivity index (χ4v) is 3.65. The number of nitrogens with two attached hydrogens (primary N) is 1. The van der Waals surface area contributed by atoms with Crippen LogP contribution in [0.2, 0.25) is 0 Å². The smallest absolute Gasteiger partial charge is 0.406 e. The molecule has 2 aromatic carbocycles. The summed E-state index contributed by atoms with van der Waals surface area (Å²) in [6.45, 7) is 0. The number of ketones is 1. The number of hydrogen-bond donors (Lipinski definition) is 2. The summed E-state index contributed by atoms with van der Waals surface area (Å²) in [5.74, 6) is -3.99. The van der Waals surface area contributed by atoms with Gasteiger partial charge in [-0.05, 0) is 60.2 Å². The second-order valence-corrected chi connectivity index (χ2v) is 8.18. The first-order valence-corrected chi connectivity index (χ1v) is 11.3. The van der Waals surface area contributed by atoms with Crippen molar-refractivity contribution in [1.82, 2.24) is 20.1 Å². The molecule has 0 saturated heterocycles. The third-order valence-corrected chi connectivity index (χ3v) is 5.44. The monoisotopic (exact) mass is 541 g/mol. The fraction of sp³-hybridized carbons (Fsp3) is 0.115. The van der Waals surface area contributed by atoms with E-state index in [9.17, 15) is 31.9 Å². The minimum atomic E-state index is -4.88. The topological polar surface area (TPSA) is 129 Å². The van der Waals surface area contributed by atoms with E-state index in [1.165, 1.54) is 65.6 Å². The molecule has 4 aromatic rings. The van der Waals surface area contributed by atoms with Gasteiger partial charge in [0.1, 0.15) is 17.6 Å². The van der Waals surface area contributed by atoms with Crippen LogP contribution in [0.5, 0.6) is 5.75 Å². The van der Waals surface area contributed by atoms with Crippen molar-refractivity contribution in [3.63, 3.8) is 0 Å². The summed E-state index contributed by atoms with van der Waals surface area (Å²) in [5.41, 5.74) is 6.58. The van der Waals surface area contributed by atoms with Crippen LogP contribution in [0.4, 0.5) is 17.6 Å². The summed E-state index contributed by atoms with van der Waals surface area (Å²) in [6.07, 6.45) is -2.17. The molecule has 0 spiro atoms. The van der Waals surface area contributed by atoms with Gasteiger partial charge in [-0.3, -0.25) is 14.4 Å². The molecule has 0 fully saturated rings. The Morgan fingerprint density at radius 1 is 1.00 bits per heavy atom. The van der Waals surface area contributed by atoms with Crippen molar-refractivity contribution in [2.75, 3.05) is 0 Å². The van der Waals surface area contributed by atoms with Crippen LogP contribution in [0.25, 0.3) is 17.1 Å². The van der Waals surface area contributed by atoms with E-state index in [1.54, 1.807) is 6.07 Å². The molecule has 0 radical (unpaired) electrons. The van der Waals surface area contributed by atoms with Crippen LogP contribution in [0, 0.1) is 5.82 Å². The third-order valence-electron chi connectivity index (χ3n) is 5.44. The number of pyridine rings is 1. The highest BCUT2D eigenvalue weighted by molar-refractivity contribution is 6.38. The molecule has 2 aromatic heterocycles. The molecule has 2 heterocycles. The zero-order chi connectivity index (χ0) is 28.2. The van der Waals surface area contributed by atoms with Crippen molar-refractivity contribution < 1.29 is 36.7 Å². The Morgan fingerprint density at radius 2 is 1.69 bits per heavy atom. The van der Waals surface area contributed by atoms with E-state index in [2.05, 4.69) is 20.1 Å². The van der Waals surface area contributed by atoms with Crippen LogP contribution in [0.15, 0.2) is 79.1 Å². The molecule has 4 rings (SSSR count). The number of aromatic nitrogens is 3. The summed E-state index contributed by atoms with van der Waals surface area (Å²) in [7, 11) is 0. The SMILES string of the molecule is NC(=O)C(=O)C(Cc1ccc(OC(F)(F)F)cc1)NC(=O)c1cccnc1-n1ccc(-c2ccc(F)cc2)n1. The van der Waals surface area contributed by atoms with Gasteiger partial charge in [0.05, 0.1) is 11.3 Å². The average molecular weight is 541 g/mol. The maximum absolute atomic E-state index is 13.3. The number of nitrogens with one attached hydrogen (secondary N) is 1. The van der Waals surface area contributed by atoms with Gasteiger partial charge in [-0.25, -0.2) is 14.1 Å². The molecule has 200 valence electrons. The number of nitrogens with zero attached hydrogens (tertiary/aromatic N) is 3. The Hall–Kier alpha value is -5.07. The lowest BCUT2D eigenvalue weighted by molar-refractivity contribution is -0.274. The normalized spacial score (nSPS) is 12.0. The number of Topliss-reactive ketones (excluding diaryl/α,β-unsaturated/α-hetero) is 1. The Labute approximate surface area is 218 Å². The lowest BCUT2D eigenvalue weighted by atomic mass is 10.0. The predicted octanol–water partition coefficient (Wildman–Crippen LogP) is 3.37. The summed E-state index contributed by atoms with van der Waals surface area (Å²) in [5, 5.41) is 6.83. The van der Waals surface area contributed by atoms with Gasteiger partial charge >= 0.3 is 6.36 Å². The van der Waals surface area contributed by atoms with E-state index in [0.717, 1.165) is 12.1 Å². The minimum absolute atomic E-state index is 0.00227. The van der Waals surface area contributed by atoms with E-state index < -0.39 is 41.6 Å². The summed E-state index contributed by atoms with van der Waals surface area (Å²) in [4.78, 5) is 41.5. The number of ether oxygens (including phenoxy) is 1. The highest BCUT2D eigenvalue weighted by atomic mass is 19.4. The molecule has 0 saturated carbocycles. The first-order chi connectivity index (χ1) is 18.5. The molecule has 0 aliphatic carbocycles. The maximum Gasteiger partial charge on any atom is 0.573 e. The number of primary amides is 1. The van der Waals surface area contributed by atoms with Crippen molar-refractivity contribution in [1.29, 1.82) is 0 Å². The number of amides is 2. The molecule has 1 atom stereocenters. The minimum Gasteiger partial charge on any atom is -0.406 e. The number of benzene rings is 2. The highest BCUT2D eigenvalue weighted by Crippen LogP contribution is 2.23. The summed E-state index contributed by atoms with van der Waals surface area (Å²) >= 11 is 0. The van der Waals surface area contributed by atoms with Crippen molar-refractivity contribution in [2.24, 2.45) is 5.73 Å². The molecule has 2 amide bonds. The Balaban J connectivity index is 1.56. The summed E-state index contributed by atoms with van der Waals surface area (Å²) < 4.78 is 55.6. The van der Waals surface area contributed by atoms with Crippen LogP contribution < -0.4 is 15.8 Å². The predicted molar refractivity (Wildman–Crippen MR) is 129 cm³/mol. The van der Waals surface area contributed by atoms with Crippen LogP contribution in [-0.2, 0) is 16.0 Å². The molecule has 0 bridgehead atoms. The molecular formula is C26H19F4N5O4. The van der Waals surface area contributed by atoms with E-state index in [0.29, 0.717) is 16.8 Å². The second-order valence-electron chi connectivity index (χ2n) is 8.18. The molecule has 0 aliphatic rings. The number of carbonyl (C=O) groups is 3. The molecule has 3 N–H and O–H groups in total. The van der Waals surface area contributed by atoms with Gasteiger partial charge in [-0.2, -0.15) is 5.10 Å². The standard InChI is InChI=1S/C26H19F4N5O4/c27-17-7-5-16(6-8-17)20-11-13-35(34-20)24-19(2-1-12-32-24)25(38)33-21(22(36)23(31)37)14-15-3-9-18(10-4-15)39-26(28,29)30/h1-13,21H,14H2,(H2,31,37)(H,33,38). The Bertz CT molecular complexity index is 1500. The third kappa shape index (κ3) is 6.83. The van der Waals surface area contributed by atoms with E-state index >= 15 is 0 Å². The van der Waals surface area contributed by atoms with Crippen molar-refractivity contribution in [2.45, 2.75) is 18.8 Å². The largest absolute Gasteiger partial charge is 0.573 e. The fourth-order valence-electron chi connectivity index (χ4n) is 3.65. The first-order valence-electron chi connectivity index (χ1n) is 11.3. The quantitative estimate of drug-likeness (QED) is 0.247. The van der Waals surface area contributed by atoms with Gasteiger partial charge in [-0.15, -0.1) is 13.2 Å². The number of rotatable bonds is 9. The zero-order valence-electron chi connectivity index (χ0n) is 19.9. The van der Waals surface area contributed by atoms with Gasteiger partial charge in [0.15, 0.2) is 5.82 Å². The lowest BCUT2D eigenvalue weighted by Gasteiger charge is -2.18. The van der Waals surface area contributed by atoms with Gasteiger partial charge < -0.3 is 15.8 Å². The van der Waals surface area contributed by atoms with Gasteiger partial charge in [-0.1, -0.05) is 12.1 Å². The van der Waals surface area contributed by atoms with Crippen LogP contribution in [0.1, 0.15) is 15.9 Å². The van der Waals surface area contributed by atoms with Crippen LogP contribution in [-0.4, -0.2) is 44.8 Å². The maximum atomic E-state index is 13.3. The van der Waals surface area contributed by atoms with Gasteiger partial charge in [0.25, 0.3) is 11.8 Å². The number of carbonyl (C=O) groups excluding carboxylic acids is 3. The first kappa shape index (κ1) is 27.0. The van der Waals surface area contributed by atoms with E-state index in [-0.39, 0.29) is 17.8 Å². The zero-order valence-corrected chi connectivity index (χ0v) is 19.9. The van der Waals surface area contributed by atoms with Crippen molar-refractivity contribution in [3.05, 3.63) is 96.1 Å². The summed E-state index contributed by atoms with van der Waals surface area (Å²) in [6, 6.07) is 13.3. The Morgan fingerprint density at radius 3 is 2.33 bits per heavy atom. The molecule has 0 aliphatic heterocycles.